The van der Waals surface area contributed by atoms with Crippen molar-refractivity contribution in [2.45, 2.75) is 38.5 Å². The number of carboxylic acid groups (broad SMARTS) is 1. The van der Waals surface area contributed by atoms with Gasteiger partial charge in [-0.3, -0.25) is 9.36 Å². The third kappa shape index (κ3) is 6.11. The molecule has 0 unspecified atom stereocenters. The molecule has 0 amide bonds. The number of fused-ring (bicyclic) bond motifs is 1. The van der Waals surface area contributed by atoms with Crippen LogP contribution in [0.15, 0.2) is 12.1 Å². The van der Waals surface area contributed by atoms with Gasteiger partial charge in [-0.25, -0.2) is 4.79 Å². The lowest BCUT2D eigenvalue weighted by Crippen LogP contribution is -2.21. The van der Waals surface area contributed by atoms with E-state index in [4.69, 9.17) is 4.74 Å². The Bertz CT molecular complexity index is 1120. The SMILES string of the molecule is CCOP(=O)(OCC)C(F)(F)c1sc2c(OCCCC(=O)OC)cc(C(=O)O)cc2c1C(F)(F)F. The van der Waals surface area contributed by atoms with Gasteiger partial charge >= 0.3 is 31.4 Å². The van der Waals surface area contributed by atoms with E-state index in [2.05, 4.69) is 13.8 Å². The molecule has 0 atom stereocenters. The van der Waals surface area contributed by atoms with Gasteiger partial charge in [0, 0.05) is 11.8 Å². The minimum absolute atomic E-state index is 0.0515. The number of ether oxygens (including phenoxy) is 2. The van der Waals surface area contributed by atoms with Gasteiger partial charge in [0.2, 0.25) is 0 Å². The topological polar surface area (TPSA) is 108 Å². The van der Waals surface area contributed by atoms with E-state index in [1.54, 1.807) is 0 Å². The number of benzene rings is 1. The molecule has 0 fully saturated rings. The van der Waals surface area contributed by atoms with E-state index >= 15 is 8.78 Å². The number of carbonyl (C=O) groups excluding carboxylic acids is 1. The summed E-state index contributed by atoms with van der Waals surface area (Å²) in [6.07, 6.45) is -5.44. The number of carboxylic acids is 1. The third-order valence-electron chi connectivity index (χ3n) is 4.51. The lowest BCUT2D eigenvalue weighted by Gasteiger charge is -2.26. The predicted molar refractivity (Wildman–Crippen MR) is 115 cm³/mol. The molecule has 0 spiro atoms. The number of hydrogen-bond donors (Lipinski definition) is 1. The van der Waals surface area contributed by atoms with Crippen LogP contribution >= 0.6 is 18.9 Å². The molecule has 8 nitrogen and oxygen atoms in total. The summed E-state index contributed by atoms with van der Waals surface area (Å²) < 4.78 is 104. The van der Waals surface area contributed by atoms with Crippen molar-refractivity contribution in [1.29, 1.82) is 0 Å². The Kier molecular flexibility index (Phi) is 9.26. The summed E-state index contributed by atoms with van der Waals surface area (Å²) in [5.41, 5.74) is -7.25. The van der Waals surface area contributed by atoms with Crippen molar-refractivity contribution in [3.05, 3.63) is 28.1 Å². The Labute approximate surface area is 200 Å². The molecule has 1 heterocycles. The largest absolute Gasteiger partial charge is 0.492 e. The van der Waals surface area contributed by atoms with E-state index in [-0.39, 0.29) is 30.8 Å². The molecule has 15 heteroatoms. The van der Waals surface area contributed by atoms with Crippen molar-refractivity contribution in [2.75, 3.05) is 26.9 Å². The number of methoxy groups -OCH3 is 1. The number of thiophene rings is 1. The van der Waals surface area contributed by atoms with Gasteiger partial charge in [-0.1, -0.05) is 0 Å². The van der Waals surface area contributed by atoms with Gasteiger partial charge in [0.1, 0.15) is 5.75 Å². The molecule has 2 aromatic rings. The molecular weight excluding hydrogens is 526 g/mol. The molecule has 0 aliphatic carbocycles. The highest BCUT2D eigenvalue weighted by Crippen LogP contribution is 2.69. The van der Waals surface area contributed by atoms with Gasteiger partial charge in [-0.15, -0.1) is 11.3 Å². The lowest BCUT2D eigenvalue weighted by atomic mass is 10.1. The molecule has 0 bridgehead atoms. The van der Waals surface area contributed by atoms with Crippen LogP contribution in [0.2, 0.25) is 0 Å². The first kappa shape index (κ1) is 29.0. The van der Waals surface area contributed by atoms with Crippen molar-refractivity contribution in [2.24, 2.45) is 0 Å². The molecule has 1 aromatic heterocycles. The van der Waals surface area contributed by atoms with Crippen molar-refractivity contribution >= 4 is 41.0 Å². The van der Waals surface area contributed by atoms with Gasteiger partial charge in [0.05, 0.1) is 47.6 Å². The summed E-state index contributed by atoms with van der Waals surface area (Å²) in [5, 5.41) is 8.47. The molecule has 1 N–H and O–H groups in total. The van der Waals surface area contributed by atoms with Crippen molar-refractivity contribution < 1.29 is 59.7 Å². The molecule has 196 valence electrons. The van der Waals surface area contributed by atoms with Gasteiger partial charge in [-0.05, 0) is 32.4 Å². The van der Waals surface area contributed by atoms with E-state index in [9.17, 15) is 32.4 Å². The maximum Gasteiger partial charge on any atom is 0.418 e. The number of hydrogen-bond acceptors (Lipinski definition) is 8. The van der Waals surface area contributed by atoms with Crippen LogP contribution < -0.4 is 4.74 Å². The second kappa shape index (κ2) is 11.2. The molecule has 0 radical (unpaired) electrons. The van der Waals surface area contributed by atoms with Gasteiger partial charge in [0.15, 0.2) is 0 Å². The Morgan fingerprint density at radius 3 is 2.17 bits per heavy atom. The molecular formula is C20H22F5O8PS. The van der Waals surface area contributed by atoms with Crippen LogP contribution in [0.3, 0.4) is 0 Å². The number of alkyl halides is 5. The van der Waals surface area contributed by atoms with E-state index < -0.39 is 76.4 Å². The summed E-state index contributed by atoms with van der Waals surface area (Å²) in [6, 6.07) is 1.47. The number of carbonyl (C=O) groups is 2. The smallest absolute Gasteiger partial charge is 0.418 e. The van der Waals surface area contributed by atoms with Crippen molar-refractivity contribution in [1.82, 2.24) is 0 Å². The van der Waals surface area contributed by atoms with Crippen LogP contribution in [0.1, 0.15) is 47.5 Å². The van der Waals surface area contributed by atoms with Crippen LogP contribution in [0, 0.1) is 0 Å². The van der Waals surface area contributed by atoms with Crippen LogP contribution in [-0.2, 0) is 35.0 Å². The summed E-state index contributed by atoms with van der Waals surface area (Å²) in [7, 11) is -4.26. The Hall–Kier alpha value is -2.28. The van der Waals surface area contributed by atoms with Crippen molar-refractivity contribution in [3.63, 3.8) is 0 Å². The third-order valence-corrected chi connectivity index (χ3v) is 8.06. The molecule has 2 rings (SSSR count). The quantitative estimate of drug-likeness (QED) is 0.143. The molecule has 0 aliphatic rings. The standard InChI is InChI=1S/C20H22F5O8PS/c1-4-32-34(29,33-5-2)20(24,25)17-15(19(21,22)23)12-9-11(18(27)28)10-13(16(12)35-17)31-8-6-7-14(26)30-3/h9-10H,4-8H2,1-3H3,(H,27,28). The zero-order valence-corrected chi connectivity index (χ0v) is 20.5. The first-order valence-electron chi connectivity index (χ1n) is 10.1. The highest BCUT2D eigenvalue weighted by molar-refractivity contribution is 7.55. The molecule has 1 aromatic carbocycles. The Balaban J connectivity index is 2.77. The van der Waals surface area contributed by atoms with Gasteiger partial charge in [-0.2, -0.15) is 22.0 Å². The van der Waals surface area contributed by atoms with E-state index in [0.717, 1.165) is 13.2 Å². The van der Waals surface area contributed by atoms with Crippen LogP contribution in [0.5, 0.6) is 5.75 Å². The minimum atomic E-state index is -5.41. The fraction of sp³-hybridized carbons (Fsp3) is 0.500. The lowest BCUT2D eigenvalue weighted by molar-refractivity contribution is -0.141. The maximum absolute atomic E-state index is 15.4. The first-order chi connectivity index (χ1) is 16.2. The average molecular weight is 548 g/mol. The molecule has 35 heavy (non-hydrogen) atoms. The molecule has 0 saturated heterocycles. The summed E-state index contributed by atoms with van der Waals surface area (Å²) >= 11 is -0.0596. The molecule has 0 aliphatic heterocycles. The summed E-state index contributed by atoms with van der Waals surface area (Å²) in [6.45, 7) is 1.12. The second-order valence-corrected chi connectivity index (χ2v) is 9.96. The van der Waals surface area contributed by atoms with E-state index in [1.807, 2.05) is 0 Å². The first-order valence-corrected chi connectivity index (χ1v) is 12.5. The average Bonchev–Trinajstić information content (AvgIpc) is 3.17. The van der Waals surface area contributed by atoms with Gasteiger partial charge < -0.3 is 23.6 Å². The summed E-state index contributed by atoms with van der Waals surface area (Å²) in [5.74, 6) is -2.64. The van der Waals surface area contributed by atoms with Crippen molar-refractivity contribution in [3.8, 4) is 5.75 Å². The second-order valence-electron chi connectivity index (χ2n) is 6.86. The van der Waals surface area contributed by atoms with Gasteiger partial charge in [0.25, 0.3) is 0 Å². The van der Waals surface area contributed by atoms with E-state index in [1.165, 1.54) is 13.8 Å². The predicted octanol–water partition coefficient (Wildman–Crippen LogP) is 6.27. The highest BCUT2D eigenvalue weighted by atomic mass is 32.1. The number of esters is 1. The van der Waals surface area contributed by atoms with Crippen LogP contribution in [0.4, 0.5) is 22.0 Å². The monoisotopic (exact) mass is 548 g/mol. The Morgan fingerprint density at radius 1 is 1.09 bits per heavy atom. The summed E-state index contributed by atoms with van der Waals surface area (Å²) in [4.78, 5) is 21.1. The fourth-order valence-corrected chi connectivity index (χ4v) is 6.11. The zero-order chi connectivity index (χ0) is 26.6. The normalized spacial score (nSPS) is 12.7. The van der Waals surface area contributed by atoms with E-state index in [0.29, 0.717) is 6.07 Å². The highest BCUT2D eigenvalue weighted by Gasteiger charge is 2.59. The zero-order valence-electron chi connectivity index (χ0n) is 18.7. The van der Waals surface area contributed by atoms with Crippen LogP contribution in [-0.4, -0.2) is 44.0 Å². The maximum atomic E-state index is 15.4. The fourth-order valence-electron chi connectivity index (χ4n) is 3.06. The van der Waals surface area contributed by atoms with Crippen LogP contribution in [0.25, 0.3) is 10.1 Å². The Morgan fingerprint density at radius 2 is 1.69 bits per heavy atom. The molecule has 0 saturated carbocycles. The number of rotatable bonds is 12. The number of halogens is 5. The minimum Gasteiger partial charge on any atom is -0.492 e. The number of aromatic carboxylic acids is 1.